The second-order valence-corrected chi connectivity index (χ2v) is 2.48. The predicted octanol–water partition coefficient (Wildman–Crippen LogP) is 2.77. The fourth-order valence-corrected chi connectivity index (χ4v) is 0.500. The van der Waals surface area contributed by atoms with Crippen LogP contribution in [0.5, 0.6) is 0 Å². The van der Waals surface area contributed by atoms with E-state index < -0.39 is 0 Å². The quantitative estimate of drug-likeness (QED) is 0.479. The maximum Gasteiger partial charge on any atom is -0.0369 e. The Morgan fingerprint density at radius 1 is 1.25 bits per heavy atom. The maximum absolute atomic E-state index is 3.88. The summed E-state index contributed by atoms with van der Waals surface area (Å²) in [5, 5.41) is 0. The third-order valence-corrected chi connectivity index (χ3v) is 1.21. The number of hydrogen-bond acceptors (Lipinski definition) is 0. The van der Waals surface area contributed by atoms with E-state index in [4.69, 9.17) is 0 Å². The van der Waals surface area contributed by atoms with Gasteiger partial charge in [-0.15, -0.1) is 13.8 Å². The summed E-state index contributed by atoms with van der Waals surface area (Å²) in [6, 6.07) is 0. The molecule has 0 aromatic carbocycles. The van der Waals surface area contributed by atoms with Gasteiger partial charge in [-0.05, 0) is 5.92 Å². The zero-order valence-electron chi connectivity index (χ0n) is 6.21. The van der Waals surface area contributed by atoms with Crippen molar-refractivity contribution in [2.75, 3.05) is 0 Å². The molecule has 0 aliphatic heterocycles. The Bertz CT molecular complexity index is 68.0. The van der Waals surface area contributed by atoms with Crippen LogP contribution < -0.4 is 0 Å². The van der Waals surface area contributed by atoms with Crippen LogP contribution in [0.2, 0.25) is 0 Å². The summed E-state index contributed by atoms with van der Waals surface area (Å²) in [6.45, 7) is 12.2. The third-order valence-electron chi connectivity index (χ3n) is 1.21. The molecule has 1 radical (unpaired) electrons. The van der Waals surface area contributed by atoms with Crippen LogP contribution in [0.4, 0.5) is 0 Å². The van der Waals surface area contributed by atoms with Crippen molar-refractivity contribution >= 4 is 0 Å². The molecule has 0 aromatic heterocycles. The SMILES string of the molecule is C=C([C](C)C)[C-](C)C. The molecule has 0 bridgehead atoms. The molecule has 0 aromatic rings. The van der Waals surface area contributed by atoms with Gasteiger partial charge in [-0.3, -0.25) is 0 Å². The highest BCUT2D eigenvalue weighted by Crippen LogP contribution is 2.19. The van der Waals surface area contributed by atoms with Gasteiger partial charge in [0.25, 0.3) is 0 Å². The van der Waals surface area contributed by atoms with Crippen molar-refractivity contribution in [3.8, 4) is 0 Å². The molecule has 0 aliphatic rings. The van der Waals surface area contributed by atoms with E-state index in [1.807, 2.05) is 0 Å². The Balaban J connectivity index is 3.65. The van der Waals surface area contributed by atoms with Gasteiger partial charge in [0.2, 0.25) is 0 Å². The maximum atomic E-state index is 3.88. The normalized spacial score (nSPS) is 9.62. The van der Waals surface area contributed by atoms with Crippen LogP contribution in [0, 0.1) is 11.8 Å². The third kappa shape index (κ3) is 2.06. The first-order chi connectivity index (χ1) is 3.55. The van der Waals surface area contributed by atoms with E-state index in [1.165, 1.54) is 17.4 Å². The molecule has 47 valence electrons. The lowest BCUT2D eigenvalue weighted by molar-refractivity contribution is 1.02. The van der Waals surface area contributed by atoms with Crippen molar-refractivity contribution in [1.29, 1.82) is 0 Å². The Kier molecular flexibility index (Phi) is 2.67. The van der Waals surface area contributed by atoms with E-state index in [0.29, 0.717) is 0 Å². The highest BCUT2D eigenvalue weighted by molar-refractivity contribution is 5.30. The van der Waals surface area contributed by atoms with Crippen LogP contribution >= 0.6 is 0 Å². The van der Waals surface area contributed by atoms with Crippen LogP contribution in [0.1, 0.15) is 27.7 Å². The van der Waals surface area contributed by atoms with Gasteiger partial charge in [0, 0.05) is 0 Å². The first-order valence-electron chi connectivity index (χ1n) is 2.85. The van der Waals surface area contributed by atoms with Gasteiger partial charge in [-0.1, -0.05) is 13.8 Å². The Morgan fingerprint density at radius 2 is 1.62 bits per heavy atom. The second kappa shape index (κ2) is 2.81. The van der Waals surface area contributed by atoms with Crippen molar-refractivity contribution in [1.82, 2.24) is 0 Å². The predicted molar refractivity (Wildman–Crippen MR) is 38.3 cm³/mol. The number of allylic oxidation sites excluding steroid dienone is 1. The zero-order chi connectivity index (χ0) is 6.73. The van der Waals surface area contributed by atoms with Crippen LogP contribution in [0.3, 0.4) is 0 Å². The van der Waals surface area contributed by atoms with Crippen LogP contribution in [0.15, 0.2) is 12.2 Å². The zero-order valence-corrected chi connectivity index (χ0v) is 6.21. The van der Waals surface area contributed by atoms with E-state index in [9.17, 15) is 0 Å². The molecule has 0 saturated heterocycles. The fourth-order valence-electron chi connectivity index (χ4n) is 0.500. The first-order valence-corrected chi connectivity index (χ1v) is 2.85. The Morgan fingerprint density at radius 3 is 1.62 bits per heavy atom. The average molecular weight is 110 g/mol. The van der Waals surface area contributed by atoms with Crippen molar-refractivity contribution in [2.45, 2.75) is 27.7 Å². The molecule has 0 fully saturated rings. The molecular weight excluding hydrogens is 96.1 g/mol. The van der Waals surface area contributed by atoms with Gasteiger partial charge in [-0.25, -0.2) is 18.1 Å². The molecular formula is C8H14-. The summed E-state index contributed by atoms with van der Waals surface area (Å²) in [6.07, 6.45) is 0. The lowest BCUT2D eigenvalue weighted by Gasteiger charge is -2.22. The van der Waals surface area contributed by atoms with Crippen LogP contribution in [-0.2, 0) is 0 Å². The van der Waals surface area contributed by atoms with Gasteiger partial charge < -0.3 is 0 Å². The van der Waals surface area contributed by atoms with E-state index in [2.05, 4.69) is 34.3 Å². The largest absolute Gasteiger partial charge is 0.241 e. The van der Waals surface area contributed by atoms with Gasteiger partial charge >= 0.3 is 0 Å². The average Bonchev–Trinajstić information content (AvgIpc) is 1.64. The van der Waals surface area contributed by atoms with Gasteiger partial charge in [0.15, 0.2) is 0 Å². The smallest absolute Gasteiger partial charge is 0.0369 e. The summed E-state index contributed by atoms with van der Waals surface area (Å²) in [7, 11) is 0. The highest BCUT2D eigenvalue weighted by Gasteiger charge is 1.93. The lowest BCUT2D eigenvalue weighted by atomic mass is 9.95. The van der Waals surface area contributed by atoms with Crippen molar-refractivity contribution < 1.29 is 0 Å². The summed E-state index contributed by atoms with van der Waals surface area (Å²) >= 11 is 0. The lowest BCUT2D eigenvalue weighted by Crippen LogP contribution is -1.95. The van der Waals surface area contributed by atoms with Crippen molar-refractivity contribution in [2.24, 2.45) is 0 Å². The summed E-state index contributed by atoms with van der Waals surface area (Å²) in [5.74, 6) is 2.62. The molecule has 0 heteroatoms. The second-order valence-electron chi connectivity index (χ2n) is 2.48. The molecule has 0 spiro atoms. The molecule has 0 nitrogen and oxygen atoms in total. The minimum Gasteiger partial charge on any atom is -0.241 e. The van der Waals surface area contributed by atoms with Crippen molar-refractivity contribution in [3.63, 3.8) is 0 Å². The molecule has 0 heterocycles. The topological polar surface area (TPSA) is 0 Å². The molecule has 0 rings (SSSR count). The molecule has 8 heavy (non-hydrogen) atoms. The minimum atomic E-state index is 1.19. The molecule has 0 N–H and O–H groups in total. The number of hydrogen-bond donors (Lipinski definition) is 0. The van der Waals surface area contributed by atoms with E-state index in [1.54, 1.807) is 0 Å². The monoisotopic (exact) mass is 110 g/mol. The van der Waals surface area contributed by atoms with E-state index >= 15 is 0 Å². The summed E-state index contributed by atoms with van der Waals surface area (Å²) in [5.41, 5.74) is 1.19. The number of rotatable bonds is 2. The van der Waals surface area contributed by atoms with Gasteiger partial charge in [-0.2, -0.15) is 0 Å². The van der Waals surface area contributed by atoms with Gasteiger partial charge in [0.05, 0.1) is 0 Å². The van der Waals surface area contributed by atoms with E-state index in [0.717, 1.165) is 0 Å². The molecule has 0 saturated carbocycles. The Labute approximate surface area is 52.6 Å². The summed E-state index contributed by atoms with van der Waals surface area (Å²) in [4.78, 5) is 0. The van der Waals surface area contributed by atoms with Crippen LogP contribution in [0.25, 0.3) is 0 Å². The minimum absolute atomic E-state index is 1.19. The van der Waals surface area contributed by atoms with Crippen molar-refractivity contribution in [3.05, 3.63) is 24.0 Å². The van der Waals surface area contributed by atoms with Crippen LogP contribution in [-0.4, -0.2) is 0 Å². The Hall–Kier alpha value is -0.390. The molecule has 0 aliphatic carbocycles. The van der Waals surface area contributed by atoms with E-state index in [-0.39, 0.29) is 0 Å². The fraction of sp³-hybridized carbons (Fsp3) is 0.500. The van der Waals surface area contributed by atoms with Gasteiger partial charge in [0.1, 0.15) is 0 Å². The molecule has 0 atom stereocenters. The molecule has 0 amide bonds. The standard InChI is InChI=1S/C8H14/c1-6(2)8(5)7(3)4/h5H2,1-4H3/q-1. The first kappa shape index (κ1) is 7.61. The molecule has 0 unspecified atom stereocenters. The summed E-state index contributed by atoms with van der Waals surface area (Å²) < 4.78 is 0. The highest BCUT2D eigenvalue weighted by atomic mass is 14.1.